The molecule has 1 fully saturated rings. The van der Waals surface area contributed by atoms with Gasteiger partial charge in [-0.3, -0.25) is 14.5 Å². The molecule has 0 radical (unpaired) electrons. The van der Waals surface area contributed by atoms with Crippen LogP contribution in [0.15, 0.2) is 24.4 Å². The van der Waals surface area contributed by atoms with Crippen molar-refractivity contribution >= 4 is 22.6 Å². The Morgan fingerprint density at radius 3 is 2.76 bits per heavy atom. The van der Waals surface area contributed by atoms with Gasteiger partial charge in [0.1, 0.15) is 17.4 Å². The third-order valence-corrected chi connectivity index (χ3v) is 7.32. The van der Waals surface area contributed by atoms with Crippen molar-refractivity contribution in [3.63, 3.8) is 0 Å². The molecule has 3 N–H and O–H groups in total. The number of aromatic nitrogens is 3. The van der Waals surface area contributed by atoms with E-state index < -0.39 is 0 Å². The Labute approximate surface area is 224 Å². The van der Waals surface area contributed by atoms with Crippen LogP contribution in [0.25, 0.3) is 10.9 Å². The predicted molar refractivity (Wildman–Crippen MR) is 147 cm³/mol. The van der Waals surface area contributed by atoms with Gasteiger partial charge in [0.25, 0.3) is 0 Å². The minimum absolute atomic E-state index is 0.0471. The van der Waals surface area contributed by atoms with Crippen LogP contribution >= 0.6 is 0 Å². The summed E-state index contributed by atoms with van der Waals surface area (Å²) in [6.45, 7) is 7.99. The second-order valence-corrected chi connectivity index (χ2v) is 10.1. The van der Waals surface area contributed by atoms with E-state index in [0.717, 1.165) is 98.0 Å². The Morgan fingerprint density at radius 2 is 2.00 bits per heavy atom. The summed E-state index contributed by atoms with van der Waals surface area (Å²) in [5.41, 5.74) is 3.98. The number of morpholine rings is 1. The number of methoxy groups -OCH3 is 1. The fourth-order valence-electron chi connectivity index (χ4n) is 5.06. The van der Waals surface area contributed by atoms with Crippen LogP contribution in [0, 0.1) is 6.92 Å². The van der Waals surface area contributed by atoms with Crippen LogP contribution in [0.1, 0.15) is 74.3 Å². The normalized spacial score (nSPS) is 15.0. The summed E-state index contributed by atoms with van der Waals surface area (Å²) < 4.78 is 10.9. The summed E-state index contributed by atoms with van der Waals surface area (Å²) in [4.78, 5) is 38.8. The number of carbonyl (C=O) groups is 2. The van der Waals surface area contributed by atoms with Crippen LogP contribution in [-0.4, -0.2) is 65.0 Å². The van der Waals surface area contributed by atoms with E-state index in [2.05, 4.69) is 25.2 Å². The molecule has 9 nitrogen and oxygen atoms in total. The smallest absolute Gasteiger partial charge is 0.225 e. The molecule has 9 heteroatoms. The Hall–Kier alpha value is -3.17. The predicted octanol–water partition coefficient (Wildman–Crippen LogP) is 4.37. The number of fused-ring (bicyclic) bond motifs is 1. The SMILES string of the molecule is CCC(=O)CCCCCC(NC(=O)Cc1c(C)[nH]c2ccc(OC)cc12)c1ncc(CN2CCOCC2)[nH]1. The highest BCUT2D eigenvalue weighted by molar-refractivity contribution is 5.91. The van der Waals surface area contributed by atoms with Crippen molar-refractivity contribution in [1.82, 2.24) is 25.2 Å². The quantitative estimate of drug-likeness (QED) is 0.271. The number of aryl methyl sites for hydroxylation is 1. The lowest BCUT2D eigenvalue weighted by atomic mass is 10.0. The Kier molecular flexibility index (Phi) is 9.95. The molecule has 1 atom stereocenters. The van der Waals surface area contributed by atoms with E-state index in [9.17, 15) is 9.59 Å². The summed E-state index contributed by atoms with van der Waals surface area (Å²) in [5, 5.41) is 4.24. The molecule has 3 heterocycles. The zero-order valence-corrected chi connectivity index (χ0v) is 22.9. The zero-order valence-electron chi connectivity index (χ0n) is 22.9. The first-order chi connectivity index (χ1) is 18.5. The average Bonchev–Trinajstić information content (AvgIpc) is 3.51. The molecule has 4 rings (SSSR count). The monoisotopic (exact) mass is 523 g/mol. The molecule has 1 saturated heterocycles. The third kappa shape index (κ3) is 7.45. The highest BCUT2D eigenvalue weighted by Gasteiger charge is 2.21. The second kappa shape index (κ2) is 13.6. The van der Waals surface area contributed by atoms with Crippen molar-refractivity contribution in [3.05, 3.63) is 47.2 Å². The maximum atomic E-state index is 13.3. The summed E-state index contributed by atoms with van der Waals surface area (Å²) in [6.07, 6.45) is 6.85. The van der Waals surface area contributed by atoms with Crippen LogP contribution in [0.3, 0.4) is 0 Å². The number of rotatable bonds is 14. The van der Waals surface area contributed by atoms with Crippen LogP contribution in [0.5, 0.6) is 5.75 Å². The van der Waals surface area contributed by atoms with Crippen molar-refractivity contribution in [1.29, 1.82) is 0 Å². The molecule has 0 spiro atoms. The van der Waals surface area contributed by atoms with E-state index in [1.165, 1.54) is 0 Å². The molecular formula is C29H41N5O4. The first kappa shape index (κ1) is 27.9. The number of aromatic amines is 2. The Bertz CT molecular complexity index is 1210. The van der Waals surface area contributed by atoms with Gasteiger partial charge in [-0.05, 0) is 43.5 Å². The molecule has 206 valence electrons. The lowest BCUT2D eigenvalue weighted by Crippen LogP contribution is -2.35. The number of benzene rings is 1. The van der Waals surface area contributed by atoms with Crippen LogP contribution in [-0.2, 0) is 27.3 Å². The van der Waals surface area contributed by atoms with Crippen molar-refractivity contribution in [3.8, 4) is 5.75 Å². The van der Waals surface area contributed by atoms with E-state index in [-0.39, 0.29) is 18.4 Å². The number of hydrogen-bond donors (Lipinski definition) is 3. The second-order valence-electron chi connectivity index (χ2n) is 10.1. The van der Waals surface area contributed by atoms with Gasteiger partial charge in [-0.15, -0.1) is 0 Å². The molecule has 0 bridgehead atoms. The molecule has 3 aromatic rings. The van der Waals surface area contributed by atoms with Gasteiger partial charge in [-0.1, -0.05) is 19.8 Å². The lowest BCUT2D eigenvalue weighted by Gasteiger charge is -2.25. The van der Waals surface area contributed by atoms with Gasteiger partial charge < -0.3 is 24.8 Å². The highest BCUT2D eigenvalue weighted by Crippen LogP contribution is 2.27. The first-order valence-electron chi connectivity index (χ1n) is 13.8. The molecule has 1 aliphatic heterocycles. The molecular weight excluding hydrogens is 482 g/mol. The van der Waals surface area contributed by atoms with Crippen LogP contribution in [0.2, 0.25) is 0 Å². The topological polar surface area (TPSA) is 112 Å². The number of Topliss-reactive ketones (excluding diaryl/α,β-unsaturated/α-hetero) is 1. The number of nitrogens with one attached hydrogen (secondary N) is 3. The summed E-state index contributed by atoms with van der Waals surface area (Å²) >= 11 is 0. The molecule has 0 saturated carbocycles. The number of carbonyl (C=O) groups excluding carboxylic acids is 2. The fourth-order valence-corrected chi connectivity index (χ4v) is 5.06. The molecule has 0 aliphatic carbocycles. The Morgan fingerprint density at radius 1 is 1.18 bits per heavy atom. The molecule has 1 aromatic carbocycles. The number of amides is 1. The van der Waals surface area contributed by atoms with Crippen molar-refractivity contribution < 1.29 is 19.1 Å². The molecule has 2 aromatic heterocycles. The standard InChI is InChI=1S/C29H41N5O4/c1-4-22(35)8-6-5-7-9-27(29-30-18-21(32-29)19-34-12-14-38-15-13-34)33-28(36)17-24-20(2)31-26-11-10-23(37-3)16-25(24)26/h10-11,16,18,27,31H,4-9,12-15,17,19H2,1-3H3,(H,30,32)(H,33,36). The maximum absolute atomic E-state index is 13.3. The molecule has 1 amide bonds. The molecule has 1 unspecified atom stereocenters. The minimum Gasteiger partial charge on any atom is -0.497 e. The maximum Gasteiger partial charge on any atom is 0.225 e. The van der Waals surface area contributed by atoms with Gasteiger partial charge in [0.2, 0.25) is 5.91 Å². The number of imidazole rings is 1. The van der Waals surface area contributed by atoms with E-state index in [1.54, 1.807) is 7.11 Å². The van der Waals surface area contributed by atoms with Gasteiger partial charge in [0.15, 0.2) is 0 Å². The number of unbranched alkanes of at least 4 members (excludes halogenated alkanes) is 2. The third-order valence-electron chi connectivity index (χ3n) is 7.32. The number of ether oxygens (including phenoxy) is 2. The molecule has 38 heavy (non-hydrogen) atoms. The van der Waals surface area contributed by atoms with Gasteiger partial charge in [-0.25, -0.2) is 4.98 Å². The van der Waals surface area contributed by atoms with Crippen molar-refractivity contribution in [2.24, 2.45) is 0 Å². The summed E-state index contributed by atoms with van der Waals surface area (Å²) in [6, 6.07) is 5.65. The lowest BCUT2D eigenvalue weighted by molar-refractivity contribution is -0.121. The number of ketones is 1. The van der Waals surface area contributed by atoms with Gasteiger partial charge in [0, 0.05) is 61.0 Å². The van der Waals surface area contributed by atoms with Gasteiger partial charge in [0.05, 0.1) is 32.8 Å². The van der Waals surface area contributed by atoms with E-state index in [4.69, 9.17) is 9.47 Å². The van der Waals surface area contributed by atoms with Gasteiger partial charge >= 0.3 is 0 Å². The first-order valence-corrected chi connectivity index (χ1v) is 13.8. The minimum atomic E-state index is -0.220. The van der Waals surface area contributed by atoms with E-state index in [0.29, 0.717) is 18.6 Å². The molecule has 1 aliphatic rings. The average molecular weight is 524 g/mol. The number of hydrogen-bond acceptors (Lipinski definition) is 6. The fraction of sp³-hybridized carbons (Fsp3) is 0.552. The summed E-state index contributed by atoms with van der Waals surface area (Å²) in [5.74, 6) is 1.80. The van der Waals surface area contributed by atoms with Crippen molar-refractivity contribution in [2.45, 2.75) is 71.4 Å². The Balaban J connectivity index is 1.43. The van der Waals surface area contributed by atoms with Gasteiger partial charge in [-0.2, -0.15) is 0 Å². The van der Waals surface area contributed by atoms with Crippen molar-refractivity contribution in [2.75, 3.05) is 33.4 Å². The highest BCUT2D eigenvalue weighted by atomic mass is 16.5. The zero-order chi connectivity index (χ0) is 26.9. The van der Waals surface area contributed by atoms with E-state index in [1.807, 2.05) is 38.2 Å². The van der Waals surface area contributed by atoms with Crippen LogP contribution in [0.4, 0.5) is 0 Å². The number of nitrogens with zero attached hydrogens (tertiary/aromatic N) is 2. The number of H-pyrrole nitrogens is 2. The largest absolute Gasteiger partial charge is 0.497 e. The summed E-state index contributed by atoms with van der Waals surface area (Å²) in [7, 11) is 1.65. The van der Waals surface area contributed by atoms with E-state index >= 15 is 0 Å². The van der Waals surface area contributed by atoms with Crippen LogP contribution < -0.4 is 10.1 Å².